The van der Waals surface area contributed by atoms with Crippen molar-refractivity contribution in [3.05, 3.63) is 86.8 Å². The van der Waals surface area contributed by atoms with Crippen LogP contribution >= 0.6 is 44.1 Å². The minimum Gasteiger partial charge on any atom is -0.506 e. The van der Waals surface area contributed by atoms with Crippen LogP contribution in [0.25, 0.3) is 0 Å². The van der Waals surface area contributed by atoms with Crippen LogP contribution in [0.5, 0.6) is 11.5 Å². The van der Waals surface area contributed by atoms with E-state index in [4.69, 9.17) is 17.0 Å². The van der Waals surface area contributed by atoms with Gasteiger partial charge in [0.1, 0.15) is 18.1 Å². The van der Waals surface area contributed by atoms with Crippen molar-refractivity contribution in [1.82, 2.24) is 5.32 Å². The van der Waals surface area contributed by atoms with E-state index >= 15 is 0 Å². The van der Waals surface area contributed by atoms with Crippen LogP contribution in [-0.2, 0) is 6.61 Å². The highest BCUT2D eigenvalue weighted by Crippen LogP contribution is 2.35. The smallest absolute Gasteiger partial charge is 0.257 e. The number of phenols is 1. The van der Waals surface area contributed by atoms with Crippen LogP contribution in [0, 0.1) is 0 Å². The molecule has 0 aromatic heterocycles. The molecule has 3 aromatic rings. The van der Waals surface area contributed by atoms with Crippen molar-refractivity contribution < 1.29 is 14.6 Å². The molecule has 0 spiro atoms. The van der Waals surface area contributed by atoms with E-state index in [-0.39, 0.29) is 16.8 Å². The molecule has 0 aliphatic carbocycles. The molecule has 0 saturated heterocycles. The van der Waals surface area contributed by atoms with Crippen LogP contribution in [0.4, 0.5) is 5.69 Å². The monoisotopic (exact) mass is 534 g/mol. The fourth-order valence-electron chi connectivity index (χ4n) is 2.44. The lowest BCUT2D eigenvalue weighted by atomic mass is 10.2. The molecule has 0 saturated carbocycles. The second-order valence-corrected chi connectivity index (χ2v) is 8.12. The zero-order valence-electron chi connectivity index (χ0n) is 15.0. The summed E-state index contributed by atoms with van der Waals surface area (Å²) in [5.74, 6) is 0.314. The minimum absolute atomic E-state index is 0.0813. The van der Waals surface area contributed by atoms with Crippen LogP contribution in [0.2, 0.25) is 0 Å². The molecule has 1 amide bonds. The number of hydrogen-bond donors (Lipinski definition) is 3. The third kappa shape index (κ3) is 6.03. The van der Waals surface area contributed by atoms with Crippen molar-refractivity contribution in [3.8, 4) is 11.5 Å². The topological polar surface area (TPSA) is 70.6 Å². The fourth-order valence-corrected chi connectivity index (χ4v) is 3.84. The number of halogens is 2. The van der Waals surface area contributed by atoms with Crippen LogP contribution in [0.15, 0.2) is 75.7 Å². The summed E-state index contributed by atoms with van der Waals surface area (Å²) < 4.78 is 6.74. The SMILES string of the molecule is O=C(NC(=S)Nc1cc(Br)c(O)c(Br)c1)c1cccc(OCc2ccccc2)c1. The normalized spacial score (nSPS) is 10.3. The number of phenolic OH excluding ortho intramolecular Hbond substituents is 1. The molecule has 0 atom stereocenters. The molecule has 0 aliphatic rings. The molecule has 29 heavy (non-hydrogen) atoms. The average Bonchev–Trinajstić information content (AvgIpc) is 2.71. The zero-order chi connectivity index (χ0) is 20.8. The summed E-state index contributed by atoms with van der Waals surface area (Å²) in [6, 6.07) is 20.0. The maximum atomic E-state index is 12.5. The molecule has 5 nitrogen and oxygen atoms in total. The van der Waals surface area contributed by atoms with Crippen molar-refractivity contribution in [2.45, 2.75) is 6.61 Å². The Morgan fingerprint density at radius 2 is 1.69 bits per heavy atom. The van der Waals surface area contributed by atoms with E-state index in [1.807, 2.05) is 30.3 Å². The molecule has 0 bridgehead atoms. The Morgan fingerprint density at radius 3 is 2.38 bits per heavy atom. The Morgan fingerprint density at radius 1 is 1.00 bits per heavy atom. The van der Waals surface area contributed by atoms with Gasteiger partial charge >= 0.3 is 0 Å². The van der Waals surface area contributed by atoms with Gasteiger partial charge in [-0.05, 0) is 80.0 Å². The molecule has 0 unspecified atom stereocenters. The standard InChI is InChI=1S/C21H16Br2N2O3S/c22-17-10-15(11-18(23)19(17)26)24-21(29)25-20(27)14-7-4-8-16(9-14)28-12-13-5-2-1-3-6-13/h1-11,26H,12H2,(H2,24,25,27,29). The third-order valence-corrected chi connectivity index (χ3v) is 5.26. The molecular formula is C21H16Br2N2O3S. The van der Waals surface area contributed by atoms with Gasteiger partial charge in [0.2, 0.25) is 0 Å². The first kappa shape index (κ1) is 21.3. The number of hydrogen-bond acceptors (Lipinski definition) is 4. The molecule has 3 rings (SSSR count). The van der Waals surface area contributed by atoms with Crippen LogP contribution in [-0.4, -0.2) is 16.1 Å². The molecule has 3 aromatic carbocycles. The Labute approximate surface area is 190 Å². The first-order chi connectivity index (χ1) is 13.9. The van der Waals surface area contributed by atoms with E-state index in [1.54, 1.807) is 36.4 Å². The second kappa shape index (κ2) is 9.87. The van der Waals surface area contributed by atoms with Gasteiger partial charge in [0.15, 0.2) is 5.11 Å². The number of anilines is 1. The number of carbonyl (C=O) groups is 1. The molecule has 3 N–H and O–H groups in total. The average molecular weight is 536 g/mol. The van der Waals surface area contributed by atoms with Crippen molar-refractivity contribution >= 4 is 60.8 Å². The number of amides is 1. The number of rotatable bonds is 5. The van der Waals surface area contributed by atoms with E-state index in [0.29, 0.717) is 32.6 Å². The molecule has 0 aliphatic heterocycles. The Bertz CT molecular complexity index is 1020. The van der Waals surface area contributed by atoms with Crippen molar-refractivity contribution in [1.29, 1.82) is 0 Å². The van der Waals surface area contributed by atoms with Gasteiger partial charge in [-0.2, -0.15) is 0 Å². The van der Waals surface area contributed by atoms with Gasteiger partial charge < -0.3 is 15.2 Å². The molecule has 148 valence electrons. The number of benzene rings is 3. The van der Waals surface area contributed by atoms with Gasteiger partial charge in [-0.1, -0.05) is 36.4 Å². The second-order valence-electron chi connectivity index (χ2n) is 6.00. The van der Waals surface area contributed by atoms with Gasteiger partial charge in [0.05, 0.1) is 8.95 Å². The highest BCUT2D eigenvalue weighted by Gasteiger charge is 2.11. The maximum Gasteiger partial charge on any atom is 0.257 e. The summed E-state index contributed by atoms with van der Waals surface area (Å²) in [7, 11) is 0. The molecular weight excluding hydrogens is 520 g/mol. The highest BCUT2D eigenvalue weighted by molar-refractivity contribution is 9.11. The number of thiocarbonyl (C=S) groups is 1. The summed E-state index contributed by atoms with van der Waals surface area (Å²) in [4.78, 5) is 12.5. The molecule has 0 fully saturated rings. The van der Waals surface area contributed by atoms with Crippen molar-refractivity contribution in [3.63, 3.8) is 0 Å². The van der Waals surface area contributed by atoms with E-state index < -0.39 is 0 Å². The number of aromatic hydroxyl groups is 1. The van der Waals surface area contributed by atoms with Crippen LogP contribution in [0.1, 0.15) is 15.9 Å². The van der Waals surface area contributed by atoms with Gasteiger partial charge in [0.25, 0.3) is 5.91 Å². The predicted octanol–water partition coefficient (Wildman–Crippen LogP) is 5.62. The largest absolute Gasteiger partial charge is 0.506 e. The lowest BCUT2D eigenvalue weighted by Gasteiger charge is -2.12. The lowest BCUT2D eigenvalue weighted by Crippen LogP contribution is -2.34. The maximum absolute atomic E-state index is 12.5. The summed E-state index contributed by atoms with van der Waals surface area (Å²) in [5, 5.41) is 15.4. The third-order valence-electron chi connectivity index (χ3n) is 3.85. The van der Waals surface area contributed by atoms with Gasteiger partial charge in [0, 0.05) is 11.3 Å². The minimum atomic E-state index is -0.357. The van der Waals surface area contributed by atoms with Gasteiger partial charge in [-0.3, -0.25) is 10.1 Å². The Balaban J connectivity index is 1.61. The summed E-state index contributed by atoms with van der Waals surface area (Å²) in [5.41, 5.74) is 2.07. The summed E-state index contributed by atoms with van der Waals surface area (Å²) in [6.45, 7) is 0.413. The molecule has 0 heterocycles. The Hall–Kier alpha value is -2.42. The molecule has 0 radical (unpaired) electrons. The van der Waals surface area contributed by atoms with Crippen LogP contribution < -0.4 is 15.4 Å². The van der Waals surface area contributed by atoms with E-state index in [1.165, 1.54) is 0 Å². The number of carbonyl (C=O) groups excluding carboxylic acids is 1. The quantitative estimate of drug-likeness (QED) is 0.292. The van der Waals surface area contributed by atoms with Crippen LogP contribution in [0.3, 0.4) is 0 Å². The number of ether oxygens (including phenoxy) is 1. The predicted molar refractivity (Wildman–Crippen MR) is 124 cm³/mol. The highest BCUT2D eigenvalue weighted by atomic mass is 79.9. The van der Waals surface area contributed by atoms with Crippen molar-refractivity contribution in [2.24, 2.45) is 0 Å². The van der Waals surface area contributed by atoms with Gasteiger partial charge in [-0.25, -0.2) is 0 Å². The first-order valence-corrected chi connectivity index (χ1v) is 10.5. The van der Waals surface area contributed by atoms with E-state index in [2.05, 4.69) is 42.5 Å². The van der Waals surface area contributed by atoms with Gasteiger partial charge in [-0.15, -0.1) is 0 Å². The zero-order valence-corrected chi connectivity index (χ0v) is 19.0. The first-order valence-electron chi connectivity index (χ1n) is 8.49. The fraction of sp³-hybridized carbons (Fsp3) is 0.0476. The van der Waals surface area contributed by atoms with Crippen molar-refractivity contribution in [2.75, 3.05) is 5.32 Å². The number of nitrogens with one attached hydrogen (secondary N) is 2. The molecule has 8 heteroatoms. The lowest BCUT2D eigenvalue weighted by molar-refractivity contribution is 0.0977. The Kier molecular flexibility index (Phi) is 7.24. The summed E-state index contributed by atoms with van der Waals surface area (Å²) >= 11 is 11.7. The summed E-state index contributed by atoms with van der Waals surface area (Å²) in [6.07, 6.45) is 0. The van der Waals surface area contributed by atoms with E-state index in [0.717, 1.165) is 5.56 Å². The van der Waals surface area contributed by atoms with E-state index in [9.17, 15) is 9.90 Å².